The van der Waals surface area contributed by atoms with Gasteiger partial charge in [0.25, 0.3) is 11.1 Å². The molecule has 2 heterocycles. The summed E-state index contributed by atoms with van der Waals surface area (Å²) < 4.78 is 5.70. The predicted molar refractivity (Wildman–Crippen MR) is 133 cm³/mol. The number of hydrogen-bond donors (Lipinski definition) is 1. The van der Waals surface area contributed by atoms with Crippen molar-refractivity contribution in [2.45, 2.75) is 76.6 Å². The average molecular weight is 485 g/mol. The van der Waals surface area contributed by atoms with E-state index in [0.717, 1.165) is 57.5 Å². The van der Waals surface area contributed by atoms with E-state index >= 15 is 0 Å². The van der Waals surface area contributed by atoms with E-state index in [4.69, 9.17) is 4.42 Å². The van der Waals surface area contributed by atoms with Crippen LogP contribution in [-0.2, 0) is 17.8 Å². The van der Waals surface area contributed by atoms with Crippen LogP contribution in [0.2, 0.25) is 0 Å². The first kappa shape index (κ1) is 24.9. The number of aromatic nitrogens is 2. The van der Waals surface area contributed by atoms with E-state index < -0.39 is 6.04 Å². The Bertz CT molecular complexity index is 970. The molecule has 0 spiro atoms. The molecule has 7 nitrogen and oxygen atoms in total. The highest BCUT2D eigenvalue weighted by Crippen LogP contribution is 2.25. The van der Waals surface area contributed by atoms with Crippen LogP contribution in [0.4, 0.5) is 0 Å². The normalized spacial score (nSPS) is 18.0. The van der Waals surface area contributed by atoms with E-state index in [2.05, 4.69) is 44.7 Å². The van der Waals surface area contributed by atoms with Crippen molar-refractivity contribution >= 4 is 23.5 Å². The molecule has 1 aromatic heterocycles. The molecular weight excluding hydrogens is 448 g/mol. The van der Waals surface area contributed by atoms with Crippen LogP contribution >= 0.6 is 11.8 Å². The zero-order valence-corrected chi connectivity index (χ0v) is 21.1. The zero-order chi connectivity index (χ0) is 23.9. The lowest BCUT2D eigenvalue weighted by atomic mass is 9.88. The fourth-order valence-corrected chi connectivity index (χ4v) is 5.64. The van der Waals surface area contributed by atoms with Gasteiger partial charge in [0.15, 0.2) is 0 Å². The molecule has 1 aromatic carbocycles. The minimum absolute atomic E-state index is 0.00627. The fraction of sp³-hybridized carbons (Fsp3) is 0.615. The number of ketones is 1. The number of amides is 1. The lowest BCUT2D eigenvalue weighted by molar-refractivity contribution is -0.126. The Morgan fingerprint density at radius 3 is 2.68 bits per heavy atom. The second-order valence-corrected chi connectivity index (χ2v) is 11.0. The van der Waals surface area contributed by atoms with E-state index in [1.54, 1.807) is 0 Å². The summed E-state index contributed by atoms with van der Waals surface area (Å²) in [6, 6.07) is 7.99. The molecule has 4 rings (SSSR count). The Morgan fingerprint density at radius 1 is 1.15 bits per heavy atom. The quantitative estimate of drug-likeness (QED) is 0.392. The van der Waals surface area contributed by atoms with Crippen LogP contribution in [0, 0.1) is 11.8 Å². The third kappa shape index (κ3) is 6.69. The number of Topliss-reactive ketones (excluding diaryl/α,β-unsaturated/α-hetero) is 1. The lowest BCUT2D eigenvalue weighted by Gasteiger charge is -2.28. The molecule has 1 unspecified atom stereocenters. The van der Waals surface area contributed by atoms with E-state index in [1.165, 1.54) is 29.3 Å². The molecule has 1 aliphatic heterocycles. The summed E-state index contributed by atoms with van der Waals surface area (Å²) in [4.78, 5) is 28.3. The smallest absolute Gasteiger partial charge is 0.286 e. The van der Waals surface area contributed by atoms with Crippen molar-refractivity contribution in [1.82, 2.24) is 20.4 Å². The SMILES string of the molecule is CC(C)CC(NC(=O)C1CCCCC1)C(=O)c1nnc(SCCN2CCc3ccccc3C2)o1. The van der Waals surface area contributed by atoms with E-state index in [1.807, 2.05) is 13.8 Å². The summed E-state index contributed by atoms with van der Waals surface area (Å²) >= 11 is 1.47. The van der Waals surface area contributed by atoms with Gasteiger partial charge >= 0.3 is 0 Å². The van der Waals surface area contributed by atoms with E-state index in [0.29, 0.717) is 11.6 Å². The highest BCUT2D eigenvalue weighted by molar-refractivity contribution is 7.99. The topological polar surface area (TPSA) is 88.3 Å². The van der Waals surface area contributed by atoms with Gasteiger partial charge in [0.1, 0.15) is 0 Å². The molecule has 184 valence electrons. The van der Waals surface area contributed by atoms with Gasteiger partial charge in [-0.25, -0.2) is 0 Å². The van der Waals surface area contributed by atoms with Gasteiger partial charge in [-0.15, -0.1) is 10.2 Å². The monoisotopic (exact) mass is 484 g/mol. The summed E-state index contributed by atoms with van der Waals surface area (Å²) in [6.07, 6.45) is 6.77. The summed E-state index contributed by atoms with van der Waals surface area (Å²) in [7, 11) is 0. The van der Waals surface area contributed by atoms with Crippen molar-refractivity contribution in [3.63, 3.8) is 0 Å². The molecule has 34 heavy (non-hydrogen) atoms. The van der Waals surface area contributed by atoms with E-state index in [9.17, 15) is 9.59 Å². The molecule has 1 fully saturated rings. The number of hydrogen-bond acceptors (Lipinski definition) is 7. The largest absolute Gasteiger partial charge is 0.408 e. The number of rotatable bonds is 10. The first-order valence-electron chi connectivity index (χ1n) is 12.6. The van der Waals surface area contributed by atoms with Gasteiger partial charge in [-0.3, -0.25) is 14.5 Å². The summed E-state index contributed by atoms with van der Waals surface area (Å²) in [5.41, 5.74) is 2.84. The molecule has 0 saturated heterocycles. The number of fused-ring (bicyclic) bond motifs is 1. The predicted octanol–water partition coefficient (Wildman–Crippen LogP) is 4.51. The number of carbonyl (C=O) groups is 2. The van der Waals surface area contributed by atoms with Gasteiger partial charge in [-0.2, -0.15) is 0 Å². The Morgan fingerprint density at radius 2 is 1.91 bits per heavy atom. The number of benzene rings is 1. The fourth-order valence-electron chi connectivity index (χ4n) is 4.88. The van der Waals surface area contributed by atoms with Crippen LogP contribution in [-0.4, -0.2) is 51.7 Å². The van der Waals surface area contributed by atoms with Crippen LogP contribution < -0.4 is 5.32 Å². The van der Waals surface area contributed by atoms with Gasteiger partial charge in [-0.05, 0) is 42.7 Å². The average Bonchev–Trinajstić information content (AvgIpc) is 3.32. The van der Waals surface area contributed by atoms with Crippen LogP contribution in [0.3, 0.4) is 0 Å². The molecule has 2 aliphatic rings. The van der Waals surface area contributed by atoms with Crippen molar-refractivity contribution < 1.29 is 14.0 Å². The maximum atomic E-state index is 13.1. The second-order valence-electron chi connectivity index (χ2n) is 9.91. The maximum absolute atomic E-state index is 13.1. The van der Waals surface area contributed by atoms with Crippen molar-refractivity contribution in [3.05, 3.63) is 41.3 Å². The molecule has 0 bridgehead atoms. The molecule has 1 aliphatic carbocycles. The van der Waals surface area contributed by atoms with Gasteiger partial charge in [0, 0.05) is 31.3 Å². The third-order valence-electron chi connectivity index (χ3n) is 6.78. The standard InChI is InChI=1S/C26H36N4O3S/c1-18(2)16-22(27-24(32)20-9-4-3-5-10-20)23(31)25-28-29-26(33-25)34-15-14-30-13-12-19-8-6-7-11-21(19)17-30/h6-8,11,18,20,22H,3-5,9-10,12-17H2,1-2H3,(H,27,32). The molecule has 1 N–H and O–H groups in total. The van der Waals surface area contributed by atoms with Gasteiger partial charge < -0.3 is 9.73 Å². The van der Waals surface area contributed by atoms with Gasteiger partial charge in [-0.1, -0.05) is 69.1 Å². The van der Waals surface area contributed by atoms with Crippen molar-refractivity contribution in [2.24, 2.45) is 11.8 Å². The number of nitrogens with zero attached hydrogens (tertiary/aromatic N) is 3. The molecule has 2 aromatic rings. The minimum Gasteiger partial charge on any atom is -0.408 e. The Balaban J connectivity index is 1.29. The number of thioether (sulfide) groups is 1. The van der Waals surface area contributed by atoms with Crippen LogP contribution in [0.15, 0.2) is 33.9 Å². The molecule has 8 heteroatoms. The molecule has 0 radical (unpaired) electrons. The van der Waals surface area contributed by atoms with Crippen LogP contribution in [0.25, 0.3) is 0 Å². The van der Waals surface area contributed by atoms with Gasteiger partial charge in [0.2, 0.25) is 11.7 Å². The van der Waals surface area contributed by atoms with Gasteiger partial charge in [0.05, 0.1) is 6.04 Å². The molecule has 1 saturated carbocycles. The zero-order valence-electron chi connectivity index (χ0n) is 20.3. The first-order valence-corrected chi connectivity index (χ1v) is 13.6. The number of carbonyl (C=O) groups excluding carboxylic acids is 2. The molecule has 1 atom stereocenters. The molecule has 1 amide bonds. The van der Waals surface area contributed by atoms with Crippen LogP contribution in [0.1, 0.15) is 74.2 Å². The van der Waals surface area contributed by atoms with Crippen molar-refractivity contribution in [2.75, 3.05) is 18.8 Å². The molecular formula is C26H36N4O3S. The van der Waals surface area contributed by atoms with Crippen molar-refractivity contribution in [1.29, 1.82) is 0 Å². The second kappa shape index (κ2) is 12.0. The Labute approximate surface area is 206 Å². The first-order chi connectivity index (χ1) is 16.5. The summed E-state index contributed by atoms with van der Waals surface area (Å²) in [5.74, 6) is 0.759. The third-order valence-corrected chi connectivity index (χ3v) is 7.57. The maximum Gasteiger partial charge on any atom is 0.286 e. The lowest BCUT2D eigenvalue weighted by Crippen LogP contribution is -2.45. The summed E-state index contributed by atoms with van der Waals surface area (Å²) in [5, 5.41) is 11.5. The summed E-state index contributed by atoms with van der Waals surface area (Å²) in [6.45, 7) is 7.00. The Hall–Kier alpha value is -2.19. The van der Waals surface area contributed by atoms with Crippen molar-refractivity contribution in [3.8, 4) is 0 Å². The number of nitrogens with one attached hydrogen (secondary N) is 1. The Kier molecular flexibility index (Phi) is 8.78. The van der Waals surface area contributed by atoms with Crippen LogP contribution in [0.5, 0.6) is 0 Å². The highest BCUT2D eigenvalue weighted by Gasteiger charge is 2.30. The highest BCUT2D eigenvalue weighted by atomic mass is 32.2. The minimum atomic E-state index is -0.624. The van der Waals surface area contributed by atoms with E-state index in [-0.39, 0.29) is 29.4 Å².